The van der Waals surface area contributed by atoms with Crippen LogP contribution in [-0.4, -0.2) is 36.3 Å². The molecule has 4 aromatic heterocycles. The predicted octanol–water partition coefficient (Wildman–Crippen LogP) is 3.47. The Balaban J connectivity index is 1.57. The molecule has 0 aromatic carbocycles. The molecule has 0 amide bonds. The molecular weight excluding hydrogens is 354 g/mol. The van der Waals surface area contributed by atoms with Gasteiger partial charge in [-0.1, -0.05) is 6.07 Å². The van der Waals surface area contributed by atoms with Crippen LogP contribution in [0.2, 0.25) is 0 Å². The van der Waals surface area contributed by atoms with Gasteiger partial charge >= 0.3 is 0 Å². The van der Waals surface area contributed by atoms with E-state index < -0.39 is 0 Å². The van der Waals surface area contributed by atoms with Crippen LogP contribution < -0.4 is 5.73 Å². The lowest BCUT2D eigenvalue weighted by atomic mass is 10.1. The minimum atomic E-state index is -0.0438. The SMILES string of the molecule is Cc1cccc(-c2[nH]c(N)nc2-c2cnc3c(cnn3C3CCCCO3)c2)n1. The third-order valence-corrected chi connectivity index (χ3v) is 5.00. The van der Waals surface area contributed by atoms with Gasteiger partial charge in [-0.2, -0.15) is 5.10 Å². The second-order valence-electron chi connectivity index (χ2n) is 7.06. The van der Waals surface area contributed by atoms with E-state index >= 15 is 0 Å². The molecule has 4 aromatic rings. The highest BCUT2D eigenvalue weighted by molar-refractivity contribution is 5.84. The first-order chi connectivity index (χ1) is 13.7. The number of pyridine rings is 2. The molecule has 1 atom stereocenters. The number of aromatic nitrogens is 6. The van der Waals surface area contributed by atoms with Gasteiger partial charge < -0.3 is 15.5 Å². The highest BCUT2D eigenvalue weighted by Gasteiger charge is 2.20. The van der Waals surface area contributed by atoms with Crippen LogP contribution in [0.25, 0.3) is 33.7 Å². The van der Waals surface area contributed by atoms with Crippen molar-refractivity contribution in [2.45, 2.75) is 32.4 Å². The second-order valence-corrected chi connectivity index (χ2v) is 7.06. The number of anilines is 1. The molecule has 28 heavy (non-hydrogen) atoms. The quantitative estimate of drug-likeness (QED) is 0.568. The Bertz CT molecular complexity index is 1140. The maximum atomic E-state index is 5.96. The Hall–Kier alpha value is -3.26. The predicted molar refractivity (Wildman–Crippen MR) is 106 cm³/mol. The fourth-order valence-corrected chi connectivity index (χ4v) is 3.67. The number of nitrogen functional groups attached to an aromatic ring is 1. The van der Waals surface area contributed by atoms with E-state index in [1.807, 2.05) is 42.1 Å². The molecule has 0 spiro atoms. The maximum absolute atomic E-state index is 5.96. The molecule has 3 N–H and O–H groups in total. The number of aromatic amines is 1. The minimum absolute atomic E-state index is 0.0438. The van der Waals surface area contributed by atoms with Gasteiger partial charge in [-0.05, 0) is 44.4 Å². The Labute approximate surface area is 161 Å². The first kappa shape index (κ1) is 16.9. The summed E-state index contributed by atoms with van der Waals surface area (Å²) in [5.74, 6) is 0.347. The summed E-state index contributed by atoms with van der Waals surface area (Å²) in [6.07, 6.45) is 6.78. The standard InChI is InChI=1S/C20H21N7O/c1-12-5-4-6-15(24-12)18-17(25-20(21)26-18)13-9-14-11-23-27(19(14)22-10-13)16-7-2-3-8-28-16/h4-6,9-11,16H,2-3,7-8H2,1H3,(H3,21,25,26). The summed E-state index contributed by atoms with van der Waals surface area (Å²) < 4.78 is 7.73. The molecule has 8 nitrogen and oxygen atoms in total. The molecule has 8 heteroatoms. The first-order valence-corrected chi connectivity index (χ1v) is 9.44. The molecule has 0 aliphatic carbocycles. The van der Waals surface area contributed by atoms with Gasteiger partial charge in [0, 0.05) is 29.4 Å². The number of rotatable bonds is 3. The van der Waals surface area contributed by atoms with Crippen LogP contribution in [0.3, 0.4) is 0 Å². The number of nitrogens with one attached hydrogen (secondary N) is 1. The summed E-state index contributed by atoms with van der Waals surface area (Å²) in [7, 11) is 0. The van der Waals surface area contributed by atoms with Crippen LogP contribution in [0.15, 0.2) is 36.7 Å². The van der Waals surface area contributed by atoms with Gasteiger partial charge in [-0.3, -0.25) is 4.98 Å². The van der Waals surface area contributed by atoms with Gasteiger partial charge in [0.2, 0.25) is 0 Å². The van der Waals surface area contributed by atoms with E-state index in [-0.39, 0.29) is 6.23 Å². The lowest BCUT2D eigenvalue weighted by Gasteiger charge is -2.22. The smallest absolute Gasteiger partial charge is 0.198 e. The van der Waals surface area contributed by atoms with Crippen molar-refractivity contribution in [3.05, 3.63) is 42.4 Å². The zero-order chi connectivity index (χ0) is 19.1. The van der Waals surface area contributed by atoms with Crippen LogP contribution in [0, 0.1) is 6.92 Å². The molecule has 1 saturated heterocycles. The fraction of sp³-hybridized carbons (Fsp3) is 0.300. The Morgan fingerprint density at radius 2 is 2.14 bits per heavy atom. The maximum Gasteiger partial charge on any atom is 0.198 e. The van der Waals surface area contributed by atoms with Crippen molar-refractivity contribution in [2.75, 3.05) is 12.3 Å². The Morgan fingerprint density at radius 3 is 2.96 bits per heavy atom. The average Bonchev–Trinajstić information content (AvgIpc) is 3.31. The number of aryl methyl sites for hydroxylation is 1. The summed E-state index contributed by atoms with van der Waals surface area (Å²) in [5, 5.41) is 5.46. The van der Waals surface area contributed by atoms with Gasteiger partial charge in [0.1, 0.15) is 5.69 Å². The van der Waals surface area contributed by atoms with E-state index in [4.69, 9.17) is 10.5 Å². The zero-order valence-corrected chi connectivity index (χ0v) is 15.6. The van der Waals surface area contributed by atoms with Crippen LogP contribution in [0.4, 0.5) is 5.95 Å². The van der Waals surface area contributed by atoms with E-state index in [0.717, 1.165) is 65.2 Å². The Kier molecular flexibility index (Phi) is 4.05. The third-order valence-electron chi connectivity index (χ3n) is 5.00. The van der Waals surface area contributed by atoms with Crippen molar-refractivity contribution in [3.8, 4) is 22.6 Å². The molecule has 1 unspecified atom stereocenters. The monoisotopic (exact) mass is 375 g/mol. The van der Waals surface area contributed by atoms with Crippen molar-refractivity contribution in [1.82, 2.24) is 29.7 Å². The zero-order valence-electron chi connectivity index (χ0n) is 15.6. The van der Waals surface area contributed by atoms with E-state index in [1.54, 1.807) is 6.20 Å². The second kappa shape index (κ2) is 6.72. The van der Waals surface area contributed by atoms with Crippen LogP contribution in [-0.2, 0) is 4.74 Å². The average molecular weight is 375 g/mol. The lowest BCUT2D eigenvalue weighted by molar-refractivity contribution is -0.0370. The molecule has 142 valence electrons. The molecule has 0 radical (unpaired) electrons. The number of hydrogen-bond acceptors (Lipinski definition) is 6. The highest BCUT2D eigenvalue weighted by Crippen LogP contribution is 2.32. The molecule has 5 rings (SSSR count). The highest BCUT2D eigenvalue weighted by atomic mass is 16.5. The van der Waals surface area contributed by atoms with Gasteiger partial charge in [-0.25, -0.2) is 14.6 Å². The van der Waals surface area contributed by atoms with E-state index in [0.29, 0.717) is 5.95 Å². The van der Waals surface area contributed by atoms with E-state index in [9.17, 15) is 0 Å². The molecule has 5 heterocycles. The van der Waals surface area contributed by atoms with E-state index in [2.05, 4.69) is 25.0 Å². The minimum Gasteiger partial charge on any atom is -0.369 e. The lowest BCUT2D eigenvalue weighted by Crippen LogP contribution is -2.19. The summed E-state index contributed by atoms with van der Waals surface area (Å²) >= 11 is 0. The van der Waals surface area contributed by atoms with Crippen molar-refractivity contribution < 1.29 is 4.74 Å². The number of imidazole rings is 1. The topological polar surface area (TPSA) is 108 Å². The van der Waals surface area contributed by atoms with Gasteiger partial charge in [-0.15, -0.1) is 0 Å². The summed E-state index contributed by atoms with van der Waals surface area (Å²) in [5.41, 5.74) is 10.9. The van der Waals surface area contributed by atoms with Crippen molar-refractivity contribution in [1.29, 1.82) is 0 Å². The summed E-state index contributed by atoms with van der Waals surface area (Å²) in [6.45, 7) is 2.72. The van der Waals surface area contributed by atoms with Crippen molar-refractivity contribution >= 4 is 17.0 Å². The van der Waals surface area contributed by atoms with Crippen molar-refractivity contribution in [2.24, 2.45) is 0 Å². The first-order valence-electron chi connectivity index (χ1n) is 9.44. The summed E-state index contributed by atoms with van der Waals surface area (Å²) in [6, 6.07) is 7.89. The Morgan fingerprint density at radius 1 is 1.21 bits per heavy atom. The van der Waals surface area contributed by atoms with Crippen LogP contribution in [0.1, 0.15) is 31.2 Å². The van der Waals surface area contributed by atoms with Gasteiger partial charge in [0.25, 0.3) is 0 Å². The number of fused-ring (bicyclic) bond motifs is 1. The fourth-order valence-electron chi connectivity index (χ4n) is 3.67. The number of ether oxygens (including phenoxy) is 1. The molecule has 1 fully saturated rings. The van der Waals surface area contributed by atoms with E-state index in [1.165, 1.54) is 0 Å². The number of H-pyrrole nitrogens is 1. The number of nitrogens with two attached hydrogens (primary N) is 1. The number of hydrogen-bond donors (Lipinski definition) is 2. The summed E-state index contributed by atoms with van der Waals surface area (Å²) in [4.78, 5) is 16.9. The molecule has 1 aliphatic rings. The third kappa shape index (κ3) is 2.91. The van der Waals surface area contributed by atoms with Crippen molar-refractivity contribution in [3.63, 3.8) is 0 Å². The van der Waals surface area contributed by atoms with Crippen LogP contribution >= 0.6 is 0 Å². The largest absolute Gasteiger partial charge is 0.369 e. The molecule has 0 bridgehead atoms. The molecular formula is C20H21N7O. The molecule has 1 aliphatic heterocycles. The van der Waals surface area contributed by atoms with Gasteiger partial charge in [0.05, 0.1) is 17.6 Å². The van der Waals surface area contributed by atoms with Crippen LogP contribution in [0.5, 0.6) is 0 Å². The normalized spacial score (nSPS) is 17.2. The molecule has 0 saturated carbocycles. The van der Waals surface area contributed by atoms with Gasteiger partial charge in [0.15, 0.2) is 17.8 Å². The number of nitrogens with zero attached hydrogens (tertiary/aromatic N) is 5.